The molecule has 1 aromatic heterocycles. The van der Waals surface area contributed by atoms with Gasteiger partial charge in [0.1, 0.15) is 36.1 Å². The second kappa shape index (κ2) is 10.7. The molecule has 0 bridgehead atoms. The molecule has 0 saturated carbocycles. The molecule has 0 spiro atoms. The number of fused-ring (bicyclic) bond motifs is 3. The minimum absolute atomic E-state index is 0.00250. The lowest BCUT2D eigenvalue weighted by Gasteiger charge is -2.37. The van der Waals surface area contributed by atoms with Gasteiger partial charge in [-0.1, -0.05) is 6.07 Å². The molecule has 3 aromatic rings. The zero-order valence-electron chi connectivity index (χ0n) is 21.0. The van der Waals surface area contributed by atoms with Crippen LogP contribution in [0.15, 0.2) is 40.8 Å². The summed E-state index contributed by atoms with van der Waals surface area (Å²) in [4.78, 5) is 42.4. The molecule has 0 radical (unpaired) electrons. The van der Waals surface area contributed by atoms with Crippen molar-refractivity contribution in [2.45, 2.75) is 19.0 Å². The first-order valence-electron chi connectivity index (χ1n) is 11.7. The summed E-state index contributed by atoms with van der Waals surface area (Å²) in [7, 11) is 2.80. The first-order chi connectivity index (χ1) is 18.1. The highest BCUT2D eigenvalue weighted by molar-refractivity contribution is 6.06. The Morgan fingerprint density at radius 3 is 2.74 bits per heavy atom. The van der Waals surface area contributed by atoms with E-state index in [1.807, 2.05) is 0 Å². The molecule has 2 aromatic carbocycles. The standard InChI is InChI=1S/C26H27F2N3O7/c1-26(25(35)29-12-17-18(28)5-4-6-19(17)36-3)14-37-22-16-11-15(27)7-8-20(16)38-23(22)24(34)31(26)13-21(33)30(2)9-10-32/h4-8,11,32H,9-10,12-14H2,1-3H3,(H,29,35). The van der Waals surface area contributed by atoms with Crippen LogP contribution in [0.5, 0.6) is 11.5 Å². The fourth-order valence-electron chi connectivity index (χ4n) is 4.19. The lowest BCUT2D eigenvalue weighted by atomic mass is 9.98. The third-order valence-electron chi connectivity index (χ3n) is 6.50. The van der Waals surface area contributed by atoms with E-state index in [2.05, 4.69) is 5.32 Å². The molecule has 202 valence electrons. The number of aliphatic hydroxyl groups is 1. The fourth-order valence-corrected chi connectivity index (χ4v) is 4.19. The van der Waals surface area contributed by atoms with Gasteiger partial charge in [0.25, 0.3) is 5.91 Å². The minimum Gasteiger partial charge on any atom is -0.496 e. The number of aliphatic hydroxyl groups excluding tert-OH is 1. The van der Waals surface area contributed by atoms with Gasteiger partial charge in [-0.2, -0.15) is 0 Å². The van der Waals surface area contributed by atoms with Gasteiger partial charge in [0.15, 0.2) is 11.3 Å². The summed E-state index contributed by atoms with van der Waals surface area (Å²) in [6.07, 6.45) is 0. The van der Waals surface area contributed by atoms with Crippen LogP contribution in [0.25, 0.3) is 11.0 Å². The topological polar surface area (TPSA) is 122 Å². The lowest BCUT2D eigenvalue weighted by Crippen LogP contribution is -2.63. The van der Waals surface area contributed by atoms with Crippen molar-refractivity contribution in [1.82, 2.24) is 15.1 Å². The van der Waals surface area contributed by atoms with Gasteiger partial charge in [0.2, 0.25) is 17.6 Å². The first-order valence-corrected chi connectivity index (χ1v) is 11.7. The van der Waals surface area contributed by atoms with E-state index in [1.54, 1.807) is 0 Å². The number of likely N-dealkylation sites (N-methyl/N-ethyl adjacent to an activating group) is 1. The molecule has 0 fully saturated rings. The highest BCUT2D eigenvalue weighted by Gasteiger charge is 2.49. The van der Waals surface area contributed by atoms with Crippen molar-refractivity contribution in [1.29, 1.82) is 0 Å². The molecule has 2 heterocycles. The van der Waals surface area contributed by atoms with E-state index in [-0.39, 0.29) is 53.5 Å². The predicted molar refractivity (Wildman–Crippen MR) is 131 cm³/mol. The summed E-state index contributed by atoms with van der Waals surface area (Å²) in [5, 5.41) is 12.0. The van der Waals surface area contributed by atoms with Gasteiger partial charge in [-0.25, -0.2) is 8.78 Å². The zero-order valence-corrected chi connectivity index (χ0v) is 21.0. The summed E-state index contributed by atoms with van der Waals surface area (Å²) in [6.45, 7) is -0.164. The second-order valence-corrected chi connectivity index (χ2v) is 9.00. The Bertz CT molecular complexity index is 1390. The van der Waals surface area contributed by atoms with E-state index in [4.69, 9.17) is 13.9 Å². The van der Waals surface area contributed by atoms with Gasteiger partial charge in [0.05, 0.1) is 19.1 Å². The van der Waals surface area contributed by atoms with Crippen molar-refractivity contribution in [3.8, 4) is 11.5 Å². The molecular weight excluding hydrogens is 504 g/mol. The number of methoxy groups -OCH3 is 1. The van der Waals surface area contributed by atoms with Crippen molar-refractivity contribution in [2.24, 2.45) is 0 Å². The van der Waals surface area contributed by atoms with Gasteiger partial charge < -0.3 is 34.1 Å². The van der Waals surface area contributed by atoms with Crippen LogP contribution in [0.2, 0.25) is 0 Å². The Hall–Kier alpha value is -4.19. The van der Waals surface area contributed by atoms with Crippen molar-refractivity contribution in [3.05, 3.63) is 59.4 Å². The number of ether oxygens (including phenoxy) is 2. The Kier molecular flexibility index (Phi) is 7.53. The SMILES string of the molecule is COc1cccc(F)c1CNC(=O)C1(C)COc2c(oc3ccc(F)cc23)C(=O)N1CC(=O)N(C)CCO. The summed E-state index contributed by atoms with van der Waals surface area (Å²) in [5.74, 6) is -3.46. The molecule has 12 heteroatoms. The fraction of sp³-hybridized carbons (Fsp3) is 0.346. The minimum atomic E-state index is -1.77. The zero-order chi connectivity index (χ0) is 27.6. The predicted octanol–water partition coefficient (Wildman–Crippen LogP) is 2.08. The third-order valence-corrected chi connectivity index (χ3v) is 6.50. The average Bonchev–Trinajstić information content (AvgIpc) is 3.21. The molecule has 0 aliphatic carbocycles. The molecule has 10 nitrogen and oxygen atoms in total. The highest BCUT2D eigenvalue weighted by Crippen LogP contribution is 2.38. The van der Waals surface area contributed by atoms with Crippen molar-refractivity contribution in [3.63, 3.8) is 0 Å². The normalized spacial score (nSPS) is 17.0. The molecule has 2 N–H and O–H groups in total. The number of halogens is 2. The number of nitrogens with one attached hydrogen (secondary N) is 1. The maximum absolute atomic E-state index is 14.4. The number of hydrogen-bond acceptors (Lipinski definition) is 7. The Labute approximate surface area is 216 Å². The van der Waals surface area contributed by atoms with Crippen LogP contribution < -0.4 is 14.8 Å². The quantitative estimate of drug-likeness (QED) is 0.457. The number of hydrogen-bond donors (Lipinski definition) is 2. The summed E-state index contributed by atoms with van der Waals surface area (Å²) >= 11 is 0. The second-order valence-electron chi connectivity index (χ2n) is 9.00. The van der Waals surface area contributed by atoms with Crippen LogP contribution in [-0.4, -0.2) is 78.6 Å². The van der Waals surface area contributed by atoms with E-state index in [0.717, 1.165) is 17.0 Å². The number of rotatable bonds is 8. The number of carbonyl (C=O) groups excluding carboxylic acids is 3. The maximum atomic E-state index is 14.4. The van der Waals surface area contributed by atoms with Crippen LogP contribution in [0.1, 0.15) is 23.0 Å². The molecule has 1 aliphatic heterocycles. The van der Waals surface area contributed by atoms with Gasteiger partial charge in [-0.05, 0) is 37.3 Å². The number of amides is 3. The molecular formula is C26H27F2N3O7. The highest BCUT2D eigenvalue weighted by atomic mass is 19.1. The average molecular weight is 532 g/mol. The van der Waals surface area contributed by atoms with Crippen LogP contribution in [0.4, 0.5) is 8.78 Å². The van der Waals surface area contributed by atoms with Crippen LogP contribution >= 0.6 is 0 Å². The molecule has 3 amide bonds. The maximum Gasteiger partial charge on any atom is 0.295 e. The Morgan fingerprint density at radius 2 is 2.03 bits per heavy atom. The number of carbonyl (C=O) groups is 3. The summed E-state index contributed by atoms with van der Waals surface area (Å²) in [6, 6.07) is 7.86. The number of nitrogens with zero attached hydrogens (tertiary/aromatic N) is 2. The monoisotopic (exact) mass is 531 g/mol. The number of benzene rings is 2. The van der Waals surface area contributed by atoms with E-state index >= 15 is 0 Å². The first kappa shape index (κ1) is 26.9. The van der Waals surface area contributed by atoms with Crippen LogP contribution in [-0.2, 0) is 16.1 Å². The summed E-state index contributed by atoms with van der Waals surface area (Å²) < 4.78 is 45.1. The third kappa shape index (κ3) is 4.86. The summed E-state index contributed by atoms with van der Waals surface area (Å²) in [5.41, 5.74) is -1.49. The van der Waals surface area contributed by atoms with Gasteiger partial charge in [0, 0.05) is 25.7 Å². The van der Waals surface area contributed by atoms with Crippen molar-refractivity contribution in [2.75, 3.05) is 40.5 Å². The molecule has 1 aliphatic rings. The molecule has 1 atom stereocenters. The van der Waals surface area contributed by atoms with E-state index < -0.39 is 48.0 Å². The van der Waals surface area contributed by atoms with Crippen molar-refractivity contribution < 1.29 is 42.2 Å². The van der Waals surface area contributed by atoms with E-state index in [1.165, 1.54) is 50.2 Å². The van der Waals surface area contributed by atoms with Crippen LogP contribution in [0.3, 0.4) is 0 Å². The largest absolute Gasteiger partial charge is 0.496 e. The van der Waals surface area contributed by atoms with E-state index in [9.17, 15) is 28.3 Å². The lowest BCUT2D eigenvalue weighted by molar-refractivity contribution is -0.138. The van der Waals surface area contributed by atoms with Gasteiger partial charge in [-0.15, -0.1) is 0 Å². The Balaban J connectivity index is 1.71. The van der Waals surface area contributed by atoms with E-state index in [0.29, 0.717) is 0 Å². The molecule has 0 saturated heterocycles. The molecule has 38 heavy (non-hydrogen) atoms. The smallest absolute Gasteiger partial charge is 0.295 e. The van der Waals surface area contributed by atoms with Crippen LogP contribution in [0, 0.1) is 11.6 Å². The Morgan fingerprint density at radius 1 is 1.26 bits per heavy atom. The number of furan rings is 1. The van der Waals surface area contributed by atoms with Gasteiger partial charge in [-0.3, -0.25) is 14.4 Å². The van der Waals surface area contributed by atoms with Crippen molar-refractivity contribution >= 4 is 28.7 Å². The van der Waals surface area contributed by atoms with Gasteiger partial charge >= 0.3 is 0 Å². The molecule has 1 unspecified atom stereocenters. The molecule has 4 rings (SSSR count).